The molecule has 170 valence electrons. The summed E-state index contributed by atoms with van der Waals surface area (Å²) in [5.74, 6) is 0.805. The summed E-state index contributed by atoms with van der Waals surface area (Å²) < 4.78 is 11.7. The van der Waals surface area contributed by atoms with Crippen molar-refractivity contribution in [1.82, 2.24) is 0 Å². The summed E-state index contributed by atoms with van der Waals surface area (Å²) in [6, 6.07) is 23.8. The monoisotopic (exact) mass is 443 g/mol. The van der Waals surface area contributed by atoms with Gasteiger partial charge in [-0.2, -0.15) is 0 Å². The van der Waals surface area contributed by atoms with E-state index in [0.717, 1.165) is 36.1 Å². The van der Waals surface area contributed by atoms with Crippen molar-refractivity contribution in [1.29, 1.82) is 5.41 Å². The van der Waals surface area contributed by atoms with Crippen LogP contribution >= 0.6 is 0 Å². The zero-order valence-corrected chi connectivity index (χ0v) is 18.8. The molecule has 1 atom stereocenters. The summed E-state index contributed by atoms with van der Waals surface area (Å²) in [5.41, 5.74) is 10.4. The number of carbonyl (C=O) groups excluding carboxylic acids is 1. The van der Waals surface area contributed by atoms with Gasteiger partial charge in [0.25, 0.3) is 0 Å². The van der Waals surface area contributed by atoms with Crippen LogP contribution < -0.4 is 15.4 Å². The number of amidine groups is 1. The van der Waals surface area contributed by atoms with Gasteiger partial charge in [-0.3, -0.25) is 10.3 Å². The molecule has 0 radical (unpaired) electrons. The molecule has 33 heavy (non-hydrogen) atoms. The smallest absolute Gasteiger partial charge is 0.414 e. The molecule has 0 aromatic heterocycles. The topological polar surface area (TPSA) is 88.6 Å². The van der Waals surface area contributed by atoms with Crippen molar-refractivity contribution in [3.8, 4) is 5.75 Å². The zero-order chi connectivity index (χ0) is 23.2. The Labute approximate surface area is 194 Å². The number of nitrogens with zero attached hydrogens (tertiary/aromatic N) is 1. The van der Waals surface area contributed by atoms with Crippen molar-refractivity contribution in [2.45, 2.75) is 32.3 Å². The molecule has 3 aromatic carbocycles. The van der Waals surface area contributed by atoms with Crippen molar-refractivity contribution in [3.05, 3.63) is 95.1 Å². The van der Waals surface area contributed by atoms with Crippen LogP contribution in [0.15, 0.2) is 72.8 Å². The van der Waals surface area contributed by atoms with E-state index in [9.17, 15) is 4.79 Å². The number of benzene rings is 3. The molecule has 3 N–H and O–H groups in total. The van der Waals surface area contributed by atoms with Crippen LogP contribution in [-0.4, -0.2) is 31.2 Å². The molecular weight excluding hydrogens is 414 g/mol. The Hall–Kier alpha value is -3.80. The molecule has 3 aromatic rings. The van der Waals surface area contributed by atoms with E-state index in [2.05, 4.69) is 36.4 Å². The lowest BCUT2D eigenvalue weighted by Gasteiger charge is -2.16. The average molecular weight is 444 g/mol. The van der Waals surface area contributed by atoms with E-state index in [1.165, 1.54) is 5.56 Å². The number of hydrogen-bond acceptors (Lipinski definition) is 4. The molecule has 0 spiro atoms. The van der Waals surface area contributed by atoms with Gasteiger partial charge in [0, 0.05) is 11.3 Å². The minimum absolute atomic E-state index is 0.0384. The Morgan fingerprint density at radius 2 is 1.91 bits per heavy atom. The molecule has 0 bridgehead atoms. The fraction of sp³-hybridized carbons (Fsp3) is 0.259. The van der Waals surface area contributed by atoms with E-state index in [1.54, 1.807) is 23.1 Å². The van der Waals surface area contributed by atoms with Gasteiger partial charge in [0.1, 0.15) is 18.2 Å². The van der Waals surface area contributed by atoms with Crippen molar-refractivity contribution in [3.63, 3.8) is 0 Å². The second-order valence-corrected chi connectivity index (χ2v) is 8.34. The molecule has 1 aliphatic rings. The van der Waals surface area contributed by atoms with E-state index in [1.807, 2.05) is 25.1 Å². The quantitative estimate of drug-likeness (QED) is 0.365. The summed E-state index contributed by atoms with van der Waals surface area (Å²) in [6.07, 6.45) is 2.16. The fourth-order valence-electron chi connectivity index (χ4n) is 3.97. The fourth-order valence-corrected chi connectivity index (χ4v) is 3.97. The van der Waals surface area contributed by atoms with Crippen LogP contribution in [0.4, 0.5) is 10.5 Å². The molecule has 0 aliphatic carbocycles. The van der Waals surface area contributed by atoms with Gasteiger partial charge >= 0.3 is 6.09 Å². The molecule has 1 aliphatic heterocycles. The normalized spacial score (nSPS) is 15.4. The van der Waals surface area contributed by atoms with E-state index in [-0.39, 0.29) is 18.5 Å². The van der Waals surface area contributed by atoms with E-state index in [0.29, 0.717) is 17.8 Å². The molecule has 0 saturated carbocycles. The number of aryl methyl sites for hydroxylation is 3. The van der Waals surface area contributed by atoms with Gasteiger partial charge in [0.2, 0.25) is 0 Å². The number of carbonyl (C=O) groups is 1. The summed E-state index contributed by atoms with van der Waals surface area (Å²) in [4.78, 5) is 14.0. The van der Waals surface area contributed by atoms with Crippen LogP contribution in [0.25, 0.3) is 0 Å². The molecule has 4 rings (SSSR count). The SMILES string of the molecule is Cc1ccc(CCCc2ccccc2)c(OCC2CN(c3cccc(C(=N)N)c3)C(=O)O2)c1. The third kappa shape index (κ3) is 5.71. The maximum atomic E-state index is 12.4. The van der Waals surface area contributed by atoms with Gasteiger partial charge in [0.15, 0.2) is 6.10 Å². The predicted molar refractivity (Wildman–Crippen MR) is 130 cm³/mol. The van der Waals surface area contributed by atoms with Gasteiger partial charge in [0.05, 0.1) is 6.54 Å². The average Bonchev–Trinajstić information content (AvgIpc) is 3.20. The van der Waals surface area contributed by atoms with Gasteiger partial charge in [-0.1, -0.05) is 54.6 Å². The number of amides is 1. The second kappa shape index (κ2) is 10.2. The highest BCUT2D eigenvalue weighted by molar-refractivity contribution is 5.97. The highest BCUT2D eigenvalue weighted by atomic mass is 16.6. The largest absolute Gasteiger partial charge is 0.489 e. The standard InChI is InChI=1S/C27H29N3O3/c1-19-13-14-21(10-5-9-20-7-3-2-4-8-20)25(15-19)32-18-24-17-30(27(31)33-24)23-12-6-11-22(16-23)26(28)29/h2-4,6-8,11-16,24H,5,9-10,17-18H2,1H3,(H3,28,29). The summed E-state index contributed by atoms with van der Waals surface area (Å²) >= 11 is 0. The minimum Gasteiger partial charge on any atom is -0.489 e. The lowest BCUT2D eigenvalue weighted by Crippen LogP contribution is -2.27. The van der Waals surface area contributed by atoms with E-state index in [4.69, 9.17) is 20.6 Å². The lowest BCUT2D eigenvalue weighted by atomic mass is 10.0. The molecule has 6 nitrogen and oxygen atoms in total. The predicted octanol–water partition coefficient (Wildman–Crippen LogP) is 4.86. The van der Waals surface area contributed by atoms with Crippen LogP contribution in [-0.2, 0) is 17.6 Å². The highest BCUT2D eigenvalue weighted by Gasteiger charge is 2.33. The Bertz CT molecular complexity index is 1130. The minimum atomic E-state index is -0.420. The molecule has 1 saturated heterocycles. The number of anilines is 1. The number of rotatable bonds is 9. The maximum absolute atomic E-state index is 12.4. The van der Waals surface area contributed by atoms with Crippen molar-refractivity contribution in [2.75, 3.05) is 18.1 Å². The molecular formula is C27H29N3O3. The highest BCUT2D eigenvalue weighted by Crippen LogP contribution is 2.26. The second-order valence-electron chi connectivity index (χ2n) is 8.34. The van der Waals surface area contributed by atoms with E-state index >= 15 is 0 Å². The number of cyclic esters (lactones) is 1. The number of nitrogen functional groups attached to an aromatic ring is 1. The number of nitrogens with two attached hydrogens (primary N) is 1. The summed E-state index contributed by atoms with van der Waals surface area (Å²) in [7, 11) is 0. The molecule has 1 heterocycles. The Morgan fingerprint density at radius 1 is 1.09 bits per heavy atom. The first-order valence-corrected chi connectivity index (χ1v) is 11.2. The number of nitrogens with one attached hydrogen (secondary N) is 1. The Morgan fingerprint density at radius 3 is 2.70 bits per heavy atom. The van der Waals surface area contributed by atoms with Crippen LogP contribution in [0.3, 0.4) is 0 Å². The molecule has 6 heteroatoms. The van der Waals surface area contributed by atoms with E-state index < -0.39 is 6.09 Å². The zero-order valence-electron chi connectivity index (χ0n) is 18.8. The van der Waals surface area contributed by atoms with Crippen LogP contribution in [0, 0.1) is 12.3 Å². The van der Waals surface area contributed by atoms with Crippen molar-refractivity contribution >= 4 is 17.6 Å². The van der Waals surface area contributed by atoms with Crippen LogP contribution in [0.2, 0.25) is 0 Å². The molecule has 1 amide bonds. The van der Waals surface area contributed by atoms with Gasteiger partial charge in [-0.25, -0.2) is 4.79 Å². The van der Waals surface area contributed by atoms with Gasteiger partial charge in [-0.05, 0) is 61.1 Å². The molecule has 1 fully saturated rings. The van der Waals surface area contributed by atoms with Crippen LogP contribution in [0.5, 0.6) is 5.75 Å². The van der Waals surface area contributed by atoms with Crippen molar-refractivity contribution in [2.24, 2.45) is 5.73 Å². The summed E-state index contributed by atoms with van der Waals surface area (Å²) in [5, 5.41) is 7.61. The maximum Gasteiger partial charge on any atom is 0.414 e. The van der Waals surface area contributed by atoms with Crippen LogP contribution in [0.1, 0.15) is 28.7 Å². The number of hydrogen-bond donors (Lipinski definition) is 2. The first-order chi connectivity index (χ1) is 16.0. The Balaban J connectivity index is 1.37. The van der Waals surface area contributed by atoms with Crippen molar-refractivity contribution < 1.29 is 14.3 Å². The Kier molecular flexibility index (Phi) is 6.93. The van der Waals surface area contributed by atoms with Gasteiger partial charge < -0.3 is 15.2 Å². The molecule has 1 unspecified atom stereocenters. The van der Waals surface area contributed by atoms with Gasteiger partial charge in [-0.15, -0.1) is 0 Å². The lowest BCUT2D eigenvalue weighted by molar-refractivity contribution is 0.104. The summed E-state index contributed by atoms with van der Waals surface area (Å²) in [6.45, 7) is 2.71. The first kappa shape index (κ1) is 22.4. The first-order valence-electron chi connectivity index (χ1n) is 11.2. The third-order valence-corrected chi connectivity index (χ3v) is 5.74. The third-order valence-electron chi connectivity index (χ3n) is 5.74. The number of ether oxygens (including phenoxy) is 2.